The van der Waals surface area contributed by atoms with Crippen molar-refractivity contribution in [2.45, 2.75) is 25.8 Å². The number of carbonyl (C=O) groups is 1. The van der Waals surface area contributed by atoms with Gasteiger partial charge in [0.15, 0.2) is 0 Å². The van der Waals surface area contributed by atoms with Crippen molar-refractivity contribution in [1.29, 1.82) is 0 Å². The van der Waals surface area contributed by atoms with Gasteiger partial charge in [0, 0.05) is 40.8 Å². The van der Waals surface area contributed by atoms with E-state index in [1.807, 2.05) is 42.6 Å². The second kappa shape index (κ2) is 8.15. The molecule has 4 rings (SSSR count). The lowest BCUT2D eigenvalue weighted by atomic mass is 10.1. The highest BCUT2D eigenvalue weighted by Crippen LogP contribution is 2.22. The molecule has 1 saturated heterocycles. The van der Waals surface area contributed by atoms with Crippen molar-refractivity contribution in [3.8, 4) is 0 Å². The highest BCUT2D eigenvalue weighted by molar-refractivity contribution is 6.31. The highest BCUT2D eigenvalue weighted by Gasteiger charge is 2.13. The van der Waals surface area contributed by atoms with Crippen LogP contribution in [0.5, 0.6) is 0 Å². The zero-order valence-corrected chi connectivity index (χ0v) is 16.1. The first kappa shape index (κ1) is 18.1. The number of rotatable bonds is 6. The first-order valence-electron chi connectivity index (χ1n) is 9.54. The van der Waals surface area contributed by atoms with Gasteiger partial charge in [0.25, 0.3) is 5.91 Å². The molecule has 140 valence electrons. The molecule has 0 saturated carbocycles. The number of halogens is 1. The summed E-state index contributed by atoms with van der Waals surface area (Å²) in [7, 11) is 0. The van der Waals surface area contributed by atoms with Gasteiger partial charge in [-0.05, 0) is 73.8 Å². The van der Waals surface area contributed by atoms with E-state index in [-0.39, 0.29) is 5.91 Å². The molecule has 1 fully saturated rings. The van der Waals surface area contributed by atoms with Crippen molar-refractivity contribution < 1.29 is 4.79 Å². The molecular formula is C22H24ClN3O. The summed E-state index contributed by atoms with van der Waals surface area (Å²) in [6, 6.07) is 13.8. The molecule has 1 amide bonds. The molecular weight excluding hydrogens is 358 g/mol. The Hall–Kier alpha value is -2.30. The minimum Gasteiger partial charge on any atom is -0.361 e. The van der Waals surface area contributed by atoms with Gasteiger partial charge in [-0.1, -0.05) is 23.7 Å². The molecule has 2 aromatic carbocycles. The van der Waals surface area contributed by atoms with Crippen LogP contribution in [0, 0.1) is 0 Å². The van der Waals surface area contributed by atoms with Crippen LogP contribution >= 0.6 is 11.6 Å². The SMILES string of the molecule is O=C(NCCc1c[nH]c2ccc(Cl)cc12)c1cccc(CN2CCCC2)c1. The van der Waals surface area contributed by atoms with Gasteiger partial charge < -0.3 is 10.3 Å². The smallest absolute Gasteiger partial charge is 0.251 e. The molecule has 27 heavy (non-hydrogen) atoms. The van der Waals surface area contributed by atoms with Gasteiger partial charge in [0.2, 0.25) is 0 Å². The van der Waals surface area contributed by atoms with Gasteiger partial charge in [-0.3, -0.25) is 9.69 Å². The molecule has 2 heterocycles. The van der Waals surface area contributed by atoms with Crippen molar-refractivity contribution in [1.82, 2.24) is 15.2 Å². The van der Waals surface area contributed by atoms with Crippen LogP contribution in [0.25, 0.3) is 10.9 Å². The standard InChI is InChI=1S/C22H24ClN3O/c23-19-6-7-21-20(13-19)18(14-25-21)8-9-24-22(27)17-5-3-4-16(12-17)15-26-10-1-2-11-26/h3-7,12-14,25H,1-2,8-11,15H2,(H,24,27). The number of fused-ring (bicyclic) bond motifs is 1. The molecule has 0 aliphatic carbocycles. The molecule has 0 bridgehead atoms. The summed E-state index contributed by atoms with van der Waals surface area (Å²) in [4.78, 5) is 18.2. The van der Waals surface area contributed by atoms with E-state index in [1.165, 1.54) is 18.4 Å². The van der Waals surface area contributed by atoms with Gasteiger partial charge in [0.1, 0.15) is 0 Å². The van der Waals surface area contributed by atoms with Crippen LogP contribution in [-0.2, 0) is 13.0 Å². The van der Waals surface area contributed by atoms with Crippen LogP contribution in [0.3, 0.4) is 0 Å². The number of aromatic nitrogens is 1. The number of carbonyl (C=O) groups excluding carboxylic acids is 1. The Balaban J connectivity index is 1.35. The first-order valence-corrected chi connectivity index (χ1v) is 9.92. The maximum Gasteiger partial charge on any atom is 0.251 e. The third-order valence-corrected chi connectivity index (χ3v) is 5.44. The molecule has 5 heteroatoms. The second-order valence-corrected chi connectivity index (χ2v) is 7.63. The topological polar surface area (TPSA) is 48.1 Å². The van der Waals surface area contributed by atoms with E-state index in [1.54, 1.807) is 0 Å². The van der Waals surface area contributed by atoms with Gasteiger partial charge in [-0.2, -0.15) is 0 Å². The fraction of sp³-hybridized carbons (Fsp3) is 0.318. The van der Waals surface area contributed by atoms with Crippen molar-refractivity contribution in [3.63, 3.8) is 0 Å². The number of aromatic amines is 1. The lowest BCUT2D eigenvalue weighted by molar-refractivity contribution is 0.0954. The van der Waals surface area contributed by atoms with Crippen LogP contribution in [-0.4, -0.2) is 35.4 Å². The molecule has 0 atom stereocenters. The summed E-state index contributed by atoms with van der Waals surface area (Å²) in [5, 5.41) is 4.88. The van der Waals surface area contributed by atoms with E-state index in [0.29, 0.717) is 6.54 Å². The van der Waals surface area contributed by atoms with E-state index in [2.05, 4.69) is 21.3 Å². The minimum absolute atomic E-state index is 0.0175. The first-order chi connectivity index (χ1) is 13.2. The number of hydrogen-bond acceptors (Lipinski definition) is 2. The lowest BCUT2D eigenvalue weighted by Crippen LogP contribution is -2.26. The third-order valence-electron chi connectivity index (χ3n) is 5.20. The predicted octanol–water partition coefficient (Wildman–Crippen LogP) is 4.39. The summed E-state index contributed by atoms with van der Waals surface area (Å²) in [6.07, 6.45) is 5.31. The van der Waals surface area contributed by atoms with Gasteiger partial charge in [-0.25, -0.2) is 0 Å². The molecule has 1 aromatic heterocycles. The Morgan fingerprint density at radius 1 is 1.15 bits per heavy atom. The number of likely N-dealkylation sites (tertiary alicyclic amines) is 1. The normalized spacial score (nSPS) is 14.7. The van der Waals surface area contributed by atoms with Crippen LogP contribution in [0.4, 0.5) is 0 Å². The monoisotopic (exact) mass is 381 g/mol. The predicted molar refractivity (Wildman–Crippen MR) is 110 cm³/mol. The van der Waals surface area contributed by atoms with Crippen LogP contribution in [0.1, 0.15) is 34.3 Å². The number of benzene rings is 2. The number of nitrogens with one attached hydrogen (secondary N) is 2. The van der Waals surface area contributed by atoms with E-state index >= 15 is 0 Å². The highest BCUT2D eigenvalue weighted by atomic mass is 35.5. The number of amides is 1. The Morgan fingerprint density at radius 2 is 2.00 bits per heavy atom. The summed E-state index contributed by atoms with van der Waals surface area (Å²) in [5.41, 5.74) is 4.16. The van der Waals surface area contributed by atoms with Crippen LogP contribution in [0.2, 0.25) is 5.02 Å². The van der Waals surface area contributed by atoms with Crippen molar-refractivity contribution in [2.24, 2.45) is 0 Å². The van der Waals surface area contributed by atoms with Crippen LogP contribution < -0.4 is 5.32 Å². The van der Waals surface area contributed by atoms with Crippen molar-refractivity contribution in [3.05, 3.63) is 70.4 Å². The minimum atomic E-state index is -0.0175. The zero-order chi connectivity index (χ0) is 18.6. The Bertz CT molecular complexity index is 944. The largest absolute Gasteiger partial charge is 0.361 e. The Kier molecular flexibility index (Phi) is 5.46. The molecule has 3 aromatic rings. The Labute approximate surface area is 164 Å². The number of hydrogen-bond donors (Lipinski definition) is 2. The quantitative estimate of drug-likeness (QED) is 0.665. The maximum atomic E-state index is 12.5. The van der Waals surface area contributed by atoms with Gasteiger partial charge in [-0.15, -0.1) is 0 Å². The molecule has 4 nitrogen and oxygen atoms in total. The summed E-state index contributed by atoms with van der Waals surface area (Å²) in [5.74, 6) is -0.0175. The van der Waals surface area contributed by atoms with E-state index < -0.39 is 0 Å². The molecule has 0 spiro atoms. The number of H-pyrrole nitrogens is 1. The van der Waals surface area contributed by atoms with E-state index in [0.717, 1.165) is 53.1 Å². The van der Waals surface area contributed by atoms with Gasteiger partial charge in [0.05, 0.1) is 0 Å². The Morgan fingerprint density at radius 3 is 2.85 bits per heavy atom. The summed E-state index contributed by atoms with van der Waals surface area (Å²) >= 11 is 6.10. The molecule has 0 unspecified atom stereocenters. The molecule has 2 N–H and O–H groups in total. The third kappa shape index (κ3) is 4.34. The molecule has 0 radical (unpaired) electrons. The zero-order valence-electron chi connectivity index (χ0n) is 15.3. The molecule has 1 aliphatic heterocycles. The second-order valence-electron chi connectivity index (χ2n) is 7.19. The van der Waals surface area contributed by atoms with E-state index in [4.69, 9.17) is 11.6 Å². The fourth-order valence-corrected chi connectivity index (χ4v) is 3.95. The van der Waals surface area contributed by atoms with Gasteiger partial charge >= 0.3 is 0 Å². The van der Waals surface area contributed by atoms with Crippen LogP contribution in [0.15, 0.2) is 48.7 Å². The van der Waals surface area contributed by atoms with Crippen molar-refractivity contribution in [2.75, 3.05) is 19.6 Å². The number of nitrogens with zero attached hydrogens (tertiary/aromatic N) is 1. The summed E-state index contributed by atoms with van der Waals surface area (Å²) in [6.45, 7) is 3.84. The van der Waals surface area contributed by atoms with E-state index in [9.17, 15) is 4.79 Å². The van der Waals surface area contributed by atoms with Crippen molar-refractivity contribution >= 4 is 28.4 Å². The lowest BCUT2D eigenvalue weighted by Gasteiger charge is -2.15. The maximum absolute atomic E-state index is 12.5. The average Bonchev–Trinajstić information content (AvgIpc) is 3.32. The fourth-order valence-electron chi connectivity index (χ4n) is 3.78. The summed E-state index contributed by atoms with van der Waals surface area (Å²) < 4.78 is 0. The molecule has 1 aliphatic rings. The average molecular weight is 382 g/mol.